The Hall–Kier alpha value is -0.900. The Morgan fingerprint density at radius 2 is 2.23 bits per heavy atom. The Morgan fingerprint density at radius 1 is 1.50 bits per heavy atom. The molecule has 2 aromatic rings. The predicted octanol–water partition coefficient (Wildman–Crippen LogP) is 0.808. The smallest absolute Gasteiger partial charge is 0.190 e. The number of hydrogen-bond donors (Lipinski definition) is 3. The van der Waals surface area contributed by atoms with Crippen molar-refractivity contribution in [1.29, 1.82) is 0 Å². The molecule has 4 atom stereocenters. The third kappa shape index (κ3) is 2.31. The second kappa shape index (κ2) is 5.63. The molecule has 1 aliphatic rings. The molecule has 0 bridgehead atoms. The minimum atomic E-state index is -1.57. The monoisotopic (exact) mass is 345 g/mol. The molecule has 1 aliphatic heterocycles. The van der Waals surface area contributed by atoms with E-state index in [-0.39, 0.29) is 0 Å². The van der Waals surface area contributed by atoms with Crippen molar-refractivity contribution in [3.63, 3.8) is 0 Å². The fourth-order valence-electron chi connectivity index (χ4n) is 2.65. The second-order valence-corrected chi connectivity index (χ2v) is 6.47. The van der Waals surface area contributed by atoms with Gasteiger partial charge in [-0.05, 0) is 19.2 Å². The molecule has 0 saturated carbocycles. The summed E-state index contributed by atoms with van der Waals surface area (Å²) in [7, 11) is 0. The average molecular weight is 346 g/mol. The zero-order chi connectivity index (χ0) is 16.1. The van der Waals surface area contributed by atoms with E-state index in [2.05, 4.69) is 9.97 Å². The summed E-state index contributed by atoms with van der Waals surface area (Å²) in [5, 5.41) is 31.4. The van der Waals surface area contributed by atoms with Gasteiger partial charge in [0.25, 0.3) is 0 Å². The van der Waals surface area contributed by atoms with Crippen LogP contribution in [0.25, 0.3) is 11.0 Å². The van der Waals surface area contributed by atoms with E-state index in [1.54, 1.807) is 16.8 Å². The molecule has 3 heterocycles. The maximum absolute atomic E-state index is 10.6. The molecule has 0 aliphatic carbocycles. The van der Waals surface area contributed by atoms with Gasteiger partial charge in [0.05, 0.1) is 12.0 Å². The van der Waals surface area contributed by atoms with Crippen LogP contribution in [0.4, 0.5) is 0 Å². The van der Waals surface area contributed by atoms with Gasteiger partial charge in [0.15, 0.2) is 11.4 Å². The number of aliphatic hydroxyl groups excluding tert-OH is 2. The summed E-state index contributed by atoms with van der Waals surface area (Å²) in [5.41, 5.74) is -1.07. The van der Waals surface area contributed by atoms with Crippen LogP contribution in [0.3, 0.4) is 0 Å². The average Bonchev–Trinajstić information content (AvgIpc) is 3.00. The molecule has 0 spiro atoms. The number of aliphatic hydroxyl groups is 3. The minimum absolute atomic E-state index is 0.310. The quantitative estimate of drug-likeness (QED) is 0.430. The molecule has 0 radical (unpaired) electrons. The molecule has 1 saturated heterocycles. The second-order valence-electron chi connectivity index (χ2n) is 5.34. The number of aromatic nitrogens is 3. The number of thioether (sulfide) groups is 1. The van der Waals surface area contributed by atoms with Gasteiger partial charge in [-0.15, -0.1) is 0 Å². The highest BCUT2D eigenvalue weighted by atomic mass is 35.5. The van der Waals surface area contributed by atoms with Crippen molar-refractivity contribution in [2.45, 2.75) is 36.1 Å². The number of ether oxygens (including phenoxy) is 1. The number of rotatable bonds is 3. The first-order valence-corrected chi connectivity index (χ1v) is 8.25. The van der Waals surface area contributed by atoms with Crippen molar-refractivity contribution in [1.82, 2.24) is 14.5 Å². The summed E-state index contributed by atoms with van der Waals surface area (Å²) in [6.45, 7) is 1.07. The van der Waals surface area contributed by atoms with Crippen molar-refractivity contribution in [3.8, 4) is 0 Å². The van der Waals surface area contributed by atoms with E-state index >= 15 is 0 Å². The van der Waals surface area contributed by atoms with Crippen LogP contribution in [0.2, 0.25) is 5.15 Å². The van der Waals surface area contributed by atoms with E-state index in [0.29, 0.717) is 21.3 Å². The minimum Gasteiger partial charge on any atom is -0.394 e. The highest BCUT2D eigenvalue weighted by Crippen LogP contribution is 2.40. The van der Waals surface area contributed by atoms with Crippen LogP contribution in [0, 0.1) is 0 Å². The van der Waals surface area contributed by atoms with Crippen LogP contribution in [0.1, 0.15) is 13.2 Å². The maximum Gasteiger partial charge on any atom is 0.190 e. The maximum atomic E-state index is 10.6. The highest BCUT2D eigenvalue weighted by molar-refractivity contribution is 7.98. The van der Waals surface area contributed by atoms with Gasteiger partial charge >= 0.3 is 0 Å². The molecule has 1 fully saturated rings. The van der Waals surface area contributed by atoms with Crippen LogP contribution >= 0.6 is 23.4 Å². The van der Waals surface area contributed by atoms with Gasteiger partial charge in [-0.25, -0.2) is 9.97 Å². The molecule has 2 aromatic heterocycles. The fourth-order valence-corrected chi connectivity index (χ4v) is 3.29. The zero-order valence-electron chi connectivity index (χ0n) is 12.0. The lowest BCUT2D eigenvalue weighted by Crippen LogP contribution is -2.44. The van der Waals surface area contributed by atoms with Gasteiger partial charge in [-0.3, -0.25) is 0 Å². The summed E-state index contributed by atoms with van der Waals surface area (Å²) >= 11 is 7.49. The van der Waals surface area contributed by atoms with E-state index < -0.39 is 30.6 Å². The van der Waals surface area contributed by atoms with Crippen molar-refractivity contribution in [2.75, 3.05) is 12.9 Å². The first kappa shape index (κ1) is 16.0. The summed E-state index contributed by atoms with van der Waals surface area (Å²) < 4.78 is 7.21. The Balaban J connectivity index is 2.12. The number of fused-ring (bicyclic) bond motifs is 1. The molecule has 1 unspecified atom stereocenters. The molecule has 0 aromatic carbocycles. The Labute approximate surface area is 135 Å². The van der Waals surface area contributed by atoms with Gasteiger partial charge in [0, 0.05) is 6.20 Å². The molecular formula is C13H16ClN3O4S. The summed E-state index contributed by atoms with van der Waals surface area (Å²) in [4.78, 5) is 8.55. The van der Waals surface area contributed by atoms with E-state index in [1.807, 2.05) is 6.26 Å². The standard InChI is InChI=1S/C13H16ClN3O4S/c1-13(20)8(19)7(5-18)21-11(13)17-4-3-6-9(14)15-12(22-2)16-10(6)17/h3-4,7-8,11,18-20H,5H2,1-2H3/t7-,8-,11?,13+/m1/s1. The molecule has 3 N–H and O–H groups in total. The number of hydrogen-bond acceptors (Lipinski definition) is 7. The largest absolute Gasteiger partial charge is 0.394 e. The molecule has 0 amide bonds. The van der Waals surface area contributed by atoms with Gasteiger partial charge in [0.2, 0.25) is 0 Å². The third-order valence-electron chi connectivity index (χ3n) is 3.87. The summed E-state index contributed by atoms with van der Waals surface area (Å²) in [6, 6.07) is 1.72. The lowest BCUT2D eigenvalue weighted by atomic mass is 9.96. The molecule has 9 heteroatoms. The van der Waals surface area contributed by atoms with Crippen LogP contribution in [0.5, 0.6) is 0 Å². The van der Waals surface area contributed by atoms with E-state index in [4.69, 9.17) is 16.3 Å². The van der Waals surface area contributed by atoms with E-state index in [1.165, 1.54) is 18.7 Å². The lowest BCUT2D eigenvalue weighted by Gasteiger charge is -2.27. The first-order valence-electron chi connectivity index (χ1n) is 6.65. The van der Waals surface area contributed by atoms with E-state index in [0.717, 1.165) is 0 Å². The topological polar surface area (TPSA) is 101 Å². The fraction of sp³-hybridized carbons (Fsp3) is 0.538. The molecule has 120 valence electrons. The van der Waals surface area contributed by atoms with Crippen LogP contribution in [-0.2, 0) is 4.74 Å². The van der Waals surface area contributed by atoms with Crippen molar-refractivity contribution in [3.05, 3.63) is 17.4 Å². The number of halogens is 1. The first-order chi connectivity index (χ1) is 10.4. The molecule has 22 heavy (non-hydrogen) atoms. The van der Waals surface area contributed by atoms with E-state index in [9.17, 15) is 15.3 Å². The van der Waals surface area contributed by atoms with Crippen molar-refractivity contribution < 1.29 is 20.1 Å². The normalized spacial score (nSPS) is 32.0. The Kier molecular flexibility index (Phi) is 4.09. The Bertz CT molecular complexity index is 708. The molecule has 3 rings (SSSR count). The lowest BCUT2D eigenvalue weighted by molar-refractivity contribution is -0.0948. The SMILES string of the molecule is CSc1nc(Cl)c2ccn(C3O[C@H](CO)[C@@H](O)[C@]3(C)O)c2n1. The van der Waals surface area contributed by atoms with Crippen LogP contribution in [0.15, 0.2) is 17.4 Å². The van der Waals surface area contributed by atoms with Gasteiger partial charge in [-0.2, -0.15) is 0 Å². The van der Waals surface area contributed by atoms with Gasteiger partial charge in [-0.1, -0.05) is 23.4 Å². The summed E-state index contributed by atoms with van der Waals surface area (Å²) in [5.74, 6) is 0. The molecular weight excluding hydrogens is 330 g/mol. The van der Waals surface area contributed by atoms with Gasteiger partial charge < -0.3 is 24.6 Å². The van der Waals surface area contributed by atoms with Crippen LogP contribution in [-0.4, -0.2) is 60.5 Å². The zero-order valence-corrected chi connectivity index (χ0v) is 13.5. The highest BCUT2D eigenvalue weighted by Gasteiger charge is 2.53. The predicted molar refractivity (Wildman–Crippen MR) is 81.9 cm³/mol. The van der Waals surface area contributed by atoms with Crippen LogP contribution < -0.4 is 0 Å². The number of nitrogens with zero attached hydrogens (tertiary/aromatic N) is 3. The molecule has 7 nitrogen and oxygen atoms in total. The Morgan fingerprint density at radius 3 is 2.82 bits per heavy atom. The van der Waals surface area contributed by atoms with Crippen molar-refractivity contribution in [2.24, 2.45) is 0 Å². The third-order valence-corrected chi connectivity index (χ3v) is 4.71. The van der Waals surface area contributed by atoms with Crippen molar-refractivity contribution >= 4 is 34.4 Å². The summed E-state index contributed by atoms with van der Waals surface area (Å²) in [6.07, 6.45) is 0.532. The van der Waals surface area contributed by atoms with Gasteiger partial charge in [0.1, 0.15) is 28.6 Å².